The smallest absolute Gasteiger partial charge is 0.132 e. The first-order valence-electron chi connectivity index (χ1n) is 6.24. The molecule has 19 heavy (non-hydrogen) atoms. The van der Waals surface area contributed by atoms with Gasteiger partial charge in [-0.05, 0) is 30.5 Å². The Morgan fingerprint density at radius 1 is 1.26 bits per heavy atom. The molecule has 100 valence electrons. The van der Waals surface area contributed by atoms with E-state index < -0.39 is 0 Å². The molecule has 0 radical (unpaired) electrons. The zero-order valence-corrected chi connectivity index (χ0v) is 12.5. The Bertz CT molecular complexity index is 603. The molecule has 2 nitrogen and oxygen atoms in total. The molecule has 1 fully saturated rings. The van der Waals surface area contributed by atoms with Crippen LogP contribution in [0.15, 0.2) is 24.3 Å². The number of hydrogen-bond acceptors (Lipinski definition) is 1. The van der Waals surface area contributed by atoms with E-state index >= 15 is 0 Å². The lowest BCUT2D eigenvalue weighted by Gasteiger charge is -2.04. The predicted octanol–water partition coefficient (Wildman–Crippen LogP) is 4.85. The molecular formula is C14H13Cl3N2. The van der Waals surface area contributed by atoms with Gasteiger partial charge in [0.15, 0.2) is 0 Å². The average molecular weight is 316 g/mol. The second kappa shape index (κ2) is 5.35. The van der Waals surface area contributed by atoms with E-state index in [2.05, 4.69) is 5.10 Å². The molecular weight excluding hydrogens is 303 g/mol. The van der Waals surface area contributed by atoms with Crippen molar-refractivity contribution in [2.45, 2.75) is 31.2 Å². The van der Waals surface area contributed by atoms with Crippen molar-refractivity contribution in [1.29, 1.82) is 0 Å². The van der Waals surface area contributed by atoms with Gasteiger partial charge in [0.05, 0.1) is 18.1 Å². The van der Waals surface area contributed by atoms with E-state index in [0.717, 1.165) is 21.8 Å². The van der Waals surface area contributed by atoms with Crippen molar-refractivity contribution >= 4 is 34.8 Å². The molecule has 0 atom stereocenters. The molecule has 0 spiro atoms. The van der Waals surface area contributed by atoms with Crippen LogP contribution < -0.4 is 0 Å². The van der Waals surface area contributed by atoms with Crippen LogP contribution in [0, 0.1) is 0 Å². The molecule has 3 rings (SSSR count). The molecule has 1 heterocycles. The van der Waals surface area contributed by atoms with Gasteiger partial charge in [0, 0.05) is 16.5 Å². The van der Waals surface area contributed by atoms with Crippen LogP contribution in [-0.4, -0.2) is 9.78 Å². The van der Waals surface area contributed by atoms with E-state index in [-0.39, 0.29) is 0 Å². The Morgan fingerprint density at radius 2 is 2.05 bits per heavy atom. The number of benzene rings is 1. The lowest BCUT2D eigenvalue weighted by atomic mass is 10.2. The van der Waals surface area contributed by atoms with Gasteiger partial charge in [-0.15, -0.1) is 11.6 Å². The zero-order valence-electron chi connectivity index (χ0n) is 10.2. The highest BCUT2D eigenvalue weighted by molar-refractivity contribution is 6.31. The van der Waals surface area contributed by atoms with E-state index in [0.29, 0.717) is 23.5 Å². The molecule has 0 amide bonds. The van der Waals surface area contributed by atoms with E-state index in [9.17, 15) is 0 Å². The van der Waals surface area contributed by atoms with E-state index in [1.165, 1.54) is 12.8 Å². The fraction of sp³-hybridized carbons (Fsp3) is 0.357. The van der Waals surface area contributed by atoms with Crippen LogP contribution in [0.5, 0.6) is 0 Å². The van der Waals surface area contributed by atoms with Crippen LogP contribution in [0.2, 0.25) is 10.2 Å². The van der Waals surface area contributed by atoms with Gasteiger partial charge >= 0.3 is 0 Å². The molecule has 1 saturated carbocycles. The molecule has 0 bridgehead atoms. The molecule has 1 aliphatic rings. The third kappa shape index (κ3) is 2.76. The number of halogens is 3. The van der Waals surface area contributed by atoms with Crippen molar-refractivity contribution in [3.63, 3.8) is 0 Å². The molecule has 0 N–H and O–H groups in total. The number of aromatic nitrogens is 2. The maximum atomic E-state index is 6.37. The zero-order chi connectivity index (χ0) is 13.4. The summed E-state index contributed by atoms with van der Waals surface area (Å²) in [4.78, 5) is 0. The van der Waals surface area contributed by atoms with Crippen molar-refractivity contribution in [2.75, 3.05) is 0 Å². The SMILES string of the molecule is ClCc1c(C2CC2)nn(Cc2cccc(Cl)c2)c1Cl. The summed E-state index contributed by atoms with van der Waals surface area (Å²) in [7, 11) is 0. The highest BCUT2D eigenvalue weighted by Gasteiger charge is 2.30. The minimum atomic E-state index is 0.417. The van der Waals surface area contributed by atoms with Crippen LogP contribution in [0.1, 0.15) is 35.6 Å². The van der Waals surface area contributed by atoms with Crippen molar-refractivity contribution in [2.24, 2.45) is 0 Å². The third-order valence-electron chi connectivity index (χ3n) is 3.33. The van der Waals surface area contributed by atoms with Gasteiger partial charge in [-0.1, -0.05) is 35.3 Å². The first-order chi connectivity index (χ1) is 9.19. The monoisotopic (exact) mass is 314 g/mol. The van der Waals surface area contributed by atoms with Gasteiger partial charge in [0.25, 0.3) is 0 Å². The topological polar surface area (TPSA) is 17.8 Å². The second-order valence-electron chi connectivity index (χ2n) is 4.85. The van der Waals surface area contributed by atoms with Gasteiger partial charge in [-0.3, -0.25) is 0 Å². The van der Waals surface area contributed by atoms with Gasteiger partial charge < -0.3 is 0 Å². The Balaban J connectivity index is 1.92. The van der Waals surface area contributed by atoms with Gasteiger partial charge in [-0.2, -0.15) is 5.10 Å². The summed E-state index contributed by atoms with van der Waals surface area (Å²) in [6.45, 7) is 0.621. The lowest BCUT2D eigenvalue weighted by molar-refractivity contribution is 0.673. The number of nitrogens with zero attached hydrogens (tertiary/aromatic N) is 2. The highest BCUT2D eigenvalue weighted by Crippen LogP contribution is 2.43. The first kappa shape index (κ1) is 13.3. The predicted molar refractivity (Wildman–Crippen MR) is 79.3 cm³/mol. The minimum absolute atomic E-state index is 0.417. The normalized spacial score (nSPS) is 14.9. The lowest BCUT2D eigenvalue weighted by Crippen LogP contribution is -2.02. The summed E-state index contributed by atoms with van der Waals surface area (Å²) in [5.74, 6) is 0.965. The largest absolute Gasteiger partial charge is 0.249 e. The quantitative estimate of drug-likeness (QED) is 0.737. The summed E-state index contributed by atoms with van der Waals surface area (Å²) >= 11 is 18.4. The summed E-state index contributed by atoms with van der Waals surface area (Å²) in [6, 6.07) is 7.73. The Morgan fingerprint density at radius 3 is 2.68 bits per heavy atom. The minimum Gasteiger partial charge on any atom is -0.249 e. The fourth-order valence-corrected chi connectivity index (χ4v) is 3.02. The van der Waals surface area contributed by atoms with Crippen LogP contribution in [0.3, 0.4) is 0 Å². The number of rotatable bonds is 4. The average Bonchev–Trinajstić information content (AvgIpc) is 3.17. The molecule has 0 saturated heterocycles. The molecule has 5 heteroatoms. The summed E-state index contributed by atoms with van der Waals surface area (Å²) in [5.41, 5.74) is 3.13. The highest BCUT2D eigenvalue weighted by atomic mass is 35.5. The van der Waals surface area contributed by atoms with Gasteiger partial charge in [0.2, 0.25) is 0 Å². The Labute approximate surface area is 127 Å². The molecule has 1 aromatic carbocycles. The second-order valence-corrected chi connectivity index (χ2v) is 5.91. The first-order valence-corrected chi connectivity index (χ1v) is 7.53. The maximum Gasteiger partial charge on any atom is 0.132 e. The maximum absolute atomic E-state index is 6.37. The Kier molecular flexibility index (Phi) is 3.75. The van der Waals surface area contributed by atoms with Crippen LogP contribution in [0.4, 0.5) is 0 Å². The summed E-state index contributed by atoms with van der Waals surface area (Å²) < 4.78 is 1.82. The van der Waals surface area contributed by atoms with Crippen molar-refractivity contribution in [3.8, 4) is 0 Å². The van der Waals surface area contributed by atoms with E-state index in [1.807, 2.05) is 28.9 Å². The molecule has 0 aliphatic heterocycles. The summed E-state index contributed by atoms with van der Waals surface area (Å²) in [5, 5.41) is 6.00. The van der Waals surface area contributed by atoms with Gasteiger partial charge in [0.1, 0.15) is 5.15 Å². The van der Waals surface area contributed by atoms with E-state index in [1.54, 1.807) is 0 Å². The number of alkyl halides is 1. The standard InChI is InChI=1S/C14H13Cl3N2/c15-7-12-13(10-4-5-10)18-19(14(12)17)8-9-2-1-3-11(16)6-9/h1-3,6,10H,4-5,7-8H2. The van der Waals surface area contributed by atoms with Crippen molar-refractivity contribution in [1.82, 2.24) is 9.78 Å². The third-order valence-corrected chi connectivity index (χ3v) is 4.26. The Hall–Kier alpha value is -0.700. The van der Waals surface area contributed by atoms with Gasteiger partial charge in [-0.25, -0.2) is 4.68 Å². The van der Waals surface area contributed by atoms with Crippen molar-refractivity contribution in [3.05, 3.63) is 51.3 Å². The van der Waals surface area contributed by atoms with Crippen LogP contribution in [-0.2, 0) is 12.4 Å². The molecule has 0 unspecified atom stereocenters. The van der Waals surface area contributed by atoms with Crippen LogP contribution in [0.25, 0.3) is 0 Å². The molecule has 1 aromatic heterocycles. The number of hydrogen-bond donors (Lipinski definition) is 0. The van der Waals surface area contributed by atoms with Crippen molar-refractivity contribution < 1.29 is 0 Å². The fourth-order valence-electron chi connectivity index (χ4n) is 2.22. The van der Waals surface area contributed by atoms with Crippen LogP contribution >= 0.6 is 34.8 Å². The molecule has 1 aliphatic carbocycles. The molecule has 2 aromatic rings. The summed E-state index contributed by atoms with van der Waals surface area (Å²) in [6.07, 6.45) is 2.38. The van der Waals surface area contributed by atoms with E-state index in [4.69, 9.17) is 34.8 Å².